The SMILES string of the molecule is CS(=O)(=O)c1ccc(NC2CCN(c3ccccc3)C2)c([N+](=O)[O-])c1. The molecule has 0 spiro atoms. The van der Waals surface area contributed by atoms with Crippen LogP contribution in [0.15, 0.2) is 53.4 Å². The smallest absolute Gasteiger partial charge is 0.293 e. The van der Waals surface area contributed by atoms with Crippen LogP contribution in [-0.2, 0) is 9.84 Å². The molecule has 0 aromatic heterocycles. The van der Waals surface area contributed by atoms with E-state index in [0.29, 0.717) is 5.69 Å². The van der Waals surface area contributed by atoms with Gasteiger partial charge in [-0.15, -0.1) is 0 Å². The fraction of sp³-hybridized carbons (Fsp3) is 0.294. The highest BCUT2D eigenvalue weighted by Gasteiger charge is 2.26. The molecule has 1 saturated heterocycles. The highest BCUT2D eigenvalue weighted by Crippen LogP contribution is 2.30. The van der Waals surface area contributed by atoms with Crippen molar-refractivity contribution in [2.45, 2.75) is 17.4 Å². The Bertz CT molecular complexity index is 884. The average molecular weight is 361 g/mol. The van der Waals surface area contributed by atoms with E-state index < -0.39 is 14.8 Å². The van der Waals surface area contributed by atoms with Gasteiger partial charge in [0.05, 0.1) is 9.82 Å². The summed E-state index contributed by atoms with van der Waals surface area (Å²) in [4.78, 5) is 12.9. The van der Waals surface area contributed by atoms with Crippen molar-refractivity contribution in [2.75, 3.05) is 29.6 Å². The number of para-hydroxylation sites is 1. The molecule has 2 aromatic carbocycles. The molecule has 1 aliphatic rings. The van der Waals surface area contributed by atoms with Gasteiger partial charge >= 0.3 is 0 Å². The Hall–Kier alpha value is -2.61. The fourth-order valence-corrected chi connectivity index (χ4v) is 3.63. The normalized spacial score (nSPS) is 17.5. The van der Waals surface area contributed by atoms with E-state index in [4.69, 9.17) is 0 Å². The number of rotatable bonds is 5. The van der Waals surface area contributed by atoms with E-state index in [1.807, 2.05) is 30.3 Å². The van der Waals surface area contributed by atoms with E-state index in [1.165, 1.54) is 12.1 Å². The van der Waals surface area contributed by atoms with Crippen molar-refractivity contribution in [3.63, 3.8) is 0 Å². The maximum atomic E-state index is 11.6. The molecule has 7 nitrogen and oxygen atoms in total. The van der Waals surface area contributed by atoms with E-state index in [2.05, 4.69) is 10.2 Å². The third-order valence-electron chi connectivity index (χ3n) is 4.26. The molecule has 1 fully saturated rings. The Kier molecular flexibility index (Phi) is 4.63. The molecule has 1 N–H and O–H groups in total. The second-order valence-corrected chi connectivity index (χ2v) is 8.14. The summed E-state index contributed by atoms with van der Waals surface area (Å²) in [5.41, 5.74) is 1.24. The monoisotopic (exact) mass is 361 g/mol. The van der Waals surface area contributed by atoms with Crippen LogP contribution in [-0.4, -0.2) is 38.7 Å². The summed E-state index contributed by atoms with van der Waals surface area (Å²) in [7, 11) is -3.49. The summed E-state index contributed by atoms with van der Waals surface area (Å²) in [6.45, 7) is 1.59. The number of benzene rings is 2. The summed E-state index contributed by atoms with van der Waals surface area (Å²) in [5, 5.41) is 14.5. The molecule has 1 atom stereocenters. The molecule has 0 saturated carbocycles. The maximum absolute atomic E-state index is 11.6. The van der Waals surface area contributed by atoms with Gasteiger partial charge in [0.2, 0.25) is 0 Å². The summed E-state index contributed by atoms with van der Waals surface area (Å²) < 4.78 is 23.2. The van der Waals surface area contributed by atoms with E-state index >= 15 is 0 Å². The van der Waals surface area contributed by atoms with E-state index in [0.717, 1.165) is 37.5 Å². The lowest BCUT2D eigenvalue weighted by Crippen LogP contribution is -2.26. The standard InChI is InChI=1S/C17H19N3O4S/c1-25(23,24)15-7-8-16(17(11-15)20(21)22)18-13-9-10-19(12-13)14-5-3-2-4-6-14/h2-8,11,13,18H,9-10,12H2,1H3. The predicted molar refractivity (Wildman–Crippen MR) is 96.9 cm³/mol. The van der Waals surface area contributed by atoms with E-state index in [9.17, 15) is 18.5 Å². The van der Waals surface area contributed by atoms with Crippen LogP contribution in [0.3, 0.4) is 0 Å². The molecular weight excluding hydrogens is 342 g/mol. The van der Waals surface area contributed by atoms with Crippen LogP contribution in [0.1, 0.15) is 6.42 Å². The Morgan fingerprint density at radius 3 is 2.56 bits per heavy atom. The molecular formula is C17H19N3O4S. The predicted octanol–water partition coefficient (Wildman–Crippen LogP) is 2.69. The molecule has 0 aliphatic carbocycles. The number of hydrogen-bond donors (Lipinski definition) is 1. The zero-order valence-corrected chi connectivity index (χ0v) is 14.6. The molecule has 0 amide bonds. The Morgan fingerprint density at radius 2 is 1.92 bits per heavy atom. The summed E-state index contributed by atoms with van der Waals surface area (Å²) >= 11 is 0. The number of anilines is 2. The minimum atomic E-state index is -3.49. The van der Waals surface area contributed by atoms with Crippen molar-refractivity contribution in [1.82, 2.24) is 0 Å². The zero-order valence-electron chi connectivity index (χ0n) is 13.8. The minimum absolute atomic E-state index is 0.0536. The highest BCUT2D eigenvalue weighted by atomic mass is 32.2. The minimum Gasteiger partial charge on any atom is -0.375 e. The van der Waals surface area contributed by atoms with Crippen molar-refractivity contribution in [2.24, 2.45) is 0 Å². The first-order valence-corrected chi connectivity index (χ1v) is 9.79. The highest BCUT2D eigenvalue weighted by molar-refractivity contribution is 7.90. The van der Waals surface area contributed by atoms with Gasteiger partial charge in [-0.25, -0.2) is 8.42 Å². The van der Waals surface area contributed by atoms with Crippen molar-refractivity contribution >= 4 is 26.9 Å². The number of hydrogen-bond acceptors (Lipinski definition) is 6. The van der Waals surface area contributed by atoms with Crippen LogP contribution < -0.4 is 10.2 Å². The number of sulfone groups is 1. The van der Waals surface area contributed by atoms with Gasteiger partial charge in [0.25, 0.3) is 5.69 Å². The Labute approximate surface area is 146 Å². The number of nitro groups is 1. The Morgan fingerprint density at radius 1 is 1.20 bits per heavy atom. The molecule has 1 aliphatic heterocycles. The van der Waals surface area contributed by atoms with Crippen molar-refractivity contribution in [1.29, 1.82) is 0 Å². The summed E-state index contributed by atoms with van der Waals surface area (Å²) in [5.74, 6) is 0. The van der Waals surface area contributed by atoms with Crippen LogP contribution in [0.25, 0.3) is 0 Å². The molecule has 8 heteroatoms. The largest absolute Gasteiger partial charge is 0.375 e. The van der Waals surface area contributed by atoms with Gasteiger partial charge in [-0.05, 0) is 30.7 Å². The third-order valence-corrected chi connectivity index (χ3v) is 5.37. The van der Waals surface area contributed by atoms with Crippen molar-refractivity contribution in [3.05, 3.63) is 58.6 Å². The third kappa shape index (κ3) is 3.90. The molecule has 3 rings (SSSR count). The summed E-state index contributed by atoms with van der Waals surface area (Å²) in [6.07, 6.45) is 1.88. The second-order valence-electron chi connectivity index (χ2n) is 6.12. The first-order chi connectivity index (χ1) is 11.8. The zero-order chi connectivity index (χ0) is 18.0. The summed E-state index contributed by atoms with van der Waals surface area (Å²) in [6, 6.07) is 14.0. The molecule has 132 valence electrons. The van der Waals surface area contributed by atoms with Crippen LogP contribution in [0.4, 0.5) is 17.1 Å². The lowest BCUT2D eigenvalue weighted by Gasteiger charge is -2.19. The van der Waals surface area contributed by atoms with Gasteiger partial charge < -0.3 is 10.2 Å². The number of nitrogens with one attached hydrogen (secondary N) is 1. The number of nitro benzene ring substituents is 1. The lowest BCUT2D eigenvalue weighted by atomic mass is 10.2. The van der Waals surface area contributed by atoms with Gasteiger partial charge in [-0.1, -0.05) is 18.2 Å². The molecule has 1 heterocycles. The van der Waals surface area contributed by atoms with Crippen LogP contribution in [0.2, 0.25) is 0 Å². The maximum Gasteiger partial charge on any atom is 0.293 e. The van der Waals surface area contributed by atoms with Crippen LogP contribution in [0.5, 0.6) is 0 Å². The fourth-order valence-electron chi connectivity index (χ4n) is 2.99. The van der Waals surface area contributed by atoms with Gasteiger partial charge in [0, 0.05) is 37.1 Å². The molecule has 1 unspecified atom stereocenters. The van der Waals surface area contributed by atoms with E-state index in [1.54, 1.807) is 0 Å². The molecule has 25 heavy (non-hydrogen) atoms. The van der Waals surface area contributed by atoms with Crippen molar-refractivity contribution in [3.8, 4) is 0 Å². The second kappa shape index (κ2) is 6.72. The molecule has 2 aromatic rings. The van der Waals surface area contributed by atoms with Crippen molar-refractivity contribution < 1.29 is 13.3 Å². The number of nitrogens with zero attached hydrogens (tertiary/aromatic N) is 2. The molecule has 0 bridgehead atoms. The van der Waals surface area contributed by atoms with Gasteiger partial charge in [0.1, 0.15) is 5.69 Å². The first kappa shape index (κ1) is 17.2. The van der Waals surface area contributed by atoms with Gasteiger partial charge in [-0.2, -0.15) is 0 Å². The lowest BCUT2D eigenvalue weighted by molar-refractivity contribution is -0.384. The van der Waals surface area contributed by atoms with E-state index in [-0.39, 0.29) is 16.6 Å². The topological polar surface area (TPSA) is 92.6 Å². The van der Waals surface area contributed by atoms with Crippen LogP contribution >= 0.6 is 0 Å². The first-order valence-electron chi connectivity index (χ1n) is 7.89. The Balaban J connectivity index is 1.78. The van der Waals surface area contributed by atoms with Crippen LogP contribution in [0, 0.1) is 10.1 Å². The quantitative estimate of drug-likeness (QED) is 0.650. The van der Waals surface area contributed by atoms with Gasteiger partial charge in [-0.3, -0.25) is 10.1 Å². The average Bonchev–Trinajstić information content (AvgIpc) is 3.03. The molecule has 0 radical (unpaired) electrons. The van der Waals surface area contributed by atoms with Gasteiger partial charge in [0.15, 0.2) is 9.84 Å².